The highest BCUT2D eigenvalue weighted by Crippen LogP contribution is 2.20. The number of nitrogens with two attached hydrogens (primary N) is 1. The van der Waals surface area contributed by atoms with Crippen LogP contribution in [0, 0.1) is 5.92 Å². The number of tetrazole rings is 1. The predicted octanol–water partition coefficient (Wildman–Crippen LogP) is 0.0734. The number of amides is 1. The molecule has 0 aromatic carbocycles. The van der Waals surface area contributed by atoms with E-state index in [1.807, 2.05) is 0 Å². The third kappa shape index (κ3) is 2.81. The Morgan fingerprint density at radius 2 is 2.32 bits per heavy atom. The van der Waals surface area contributed by atoms with E-state index < -0.39 is 11.4 Å². The van der Waals surface area contributed by atoms with Crippen molar-refractivity contribution < 1.29 is 4.79 Å². The summed E-state index contributed by atoms with van der Waals surface area (Å²) in [7, 11) is 0. The van der Waals surface area contributed by atoms with Gasteiger partial charge in [-0.1, -0.05) is 13.8 Å². The molecule has 2 rings (SSSR count). The van der Waals surface area contributed by atoms with Crippen LogP contribution in [-0.4, -0.2) is 31.7 Å². The van der Waals surface area contributed by atoms with Gasteiger partial charge in [-0.15, -0.1) is 10.2 Å². The lowest BCUT2D eigenvalue weighted by Gasteiger charge is -2.26. The second kappa shape index (κ2) is 4.83. The average Bonchev–Trinajstić information content (AvgIpc) is 2.76. The van der Waals surface area contributed by atoms with Crippen LogP contribution in [-0.2, 0) is 11.3 Å². The molecule has 102 valence electrons. The molecule has 1 unspecified atom stereocenters. The minimum Gasteiger partial charge on any atom is -0.374 e. The molecule has 19 heavy (non-hydrogen) atoms. The normalized spacial score (nSPS) is 22.2. The maximum Gasteiger partial charge on any atom is 0.246 e. The maximum absolute atomic E-state index is 11.4. The van der Waals surface area contributed by atoms with Crippen molar-refractivity contribution in [3.63, 3.8) is 0 Å². The summed E-state index contributed by atoms with van der Waals surface area (Å²) < 4.78 is 0. The zero-order valence-corrected chi connectivity index (χ0v) is 11.3. The molecule has 1 aliphatic rings. The van der Waals surface area contributed by atoms with Gasteiger partial charge < -0.3 is 11.1 Å². The Balaban J connectivity index is 2.26. The molecule has 2 heterocycles. The fourth-order valence-corrected chi connectivity index (χ4v) is 1.75. The SMILES string of the molecule is CC(C)Cn1nnc(C2=CC(C)(C(N)=O)NC=C2)n1. The van der Waals surface area contributed by atoms with Crippen LogP contribution < -0.4 is 11.1 Å². The first-order valence-electron chi connectivity index (χ1n) is 6.16. The zero-order chi connectivity index (χ0) is 14.0. The van der Waals surface area contributed by atoms with Gasteiger partial charge in [-0.25, -0.2) is 0 Å². The molecule has 0 saturated carbocycles. The zero-order valence-electron chi connectivity index (χ0n) is 11.3. The number of allylic oxidation sites excluding steroid dienone is 2. The van der Waals surface area contributed by atoms with E-state index in [4.69, 9.17) is 5.73 Å². The Kier molecular flexibility index (Phi) is 3.37. The maximum atomic E-state index is 11.4. The van der Waals surface area contributed by atoms with Gasteiger partial charge in [-0.05, 0) is 36.4 Å². The Morgan fingerprint density at radius 1 is 1.58 bits per heavy atom. The minimum atomic E-state index is -0.923. The number of nitrogens with zero attached hydrogens (tertiary/aromatic N) is 4. The number of dihydropyridines is 1. The van der Waals surface area contributed by atoms with Gasteiger partial charge in [0.05, 0.1) is 6.54 Å². The second-order valence-electron chi connectivity index (χ2n) is 5.21. The molecule has 3 N–H and O–H groups in total. The van der Waals surface area contributed by atoms with Crippen molar-refractivity contribution >= 4 is 11.5 Å². The highest BCUT2D eigenvalue weighted by Gasteiger charge is 2.30. The van der Waals surface area contributed by atoms with Crippen LogP contribution >= 0.6 is 0 Å². The van der Waals surface area contributed by atoms with Crippen molar-refractivity contribution in [2.75, 3.05) is 0 Å². The van der Waals surface area contributed by atoms with Crippen LogP contribution in [0.15, 0.2) is 18.4 Å². The Hall–Kier alpha value is -2.18. The molecule has 7 nitrogen and oxygen atoms in total. The van der Waals surface area contributed by atoms with Gasteiger partial charge in [0.25, 0.3) is 0 Å². The van der Waals surface area contributed by atoms with E-state index in [1.165, 1.54) is 0 Å². The summed E-state index contributed by atoms with van der Waals surface area (Å²) in [5, 5.41) is 15.2. The highest BCUT2D eigenvalue weighted by atomic mass is 16.1. The quantitative estimate of drug-likeness (QED) is 0.800. The van der Waals surface area contributed by atoms with Gasteiger partial charge in [0.15, 0.2) is 0 Å². The van der Waals surface area contributed by atoms with Gasteiger partial charge in [-0.3, -0.25) is 4.79 Å². The van der Waals surface area contributed by atoms with Crippen molar-refractivity contribution in [1.82, 2.24) is 25.5 Å². The molecular weight excluding hydrogens is 244 g/mol. The number of carbonyl (C=O) groups excluding carboxylic acids is 1. The Morgan fingerprint density at radius 3 is 2.95 bits per heavy atom. The second-order valence-corrected chi connectivity index (χ2v) is 5.21. The topological polar surface area (TPSA) is 98.7 Å². The van der Waals surface area contributed by atoms with Gasteiger partial charge in [0.2, 0.25) is 11.7 Å². The number of primary amides is 1. The molecule has 0 spiro atoms. The van der Waals surface area contributed by atoms with E-state index >= 15 is 0 Å². The fourth-order valence-electron chi connectivity index (χ4n) is 1.75. The lowest BCUT2D eigenvalue weighted by Crippen LogP contribution is -2.50. The lowest BCUT2D eigenvalue weighted by atomic mass is 9.95. The molecule has 1 atom stereocenters. The highest BCUT2D eigenvalue weighted by molar-refractivity contribution is 5.90. The van der Waals surface area contributed by atoms with E-state index in [0.29, 0.717) is 18.3 Å². The minimum absolute atomic E-state index is 0.440. The molecule has 0 aliphatic carbocycles. The Labute approximate surface area is 111 Å². The van der Waals surface area contributed by atoms with E-state index in [9.17, 15) is 4.79 Å². The van der Waals surface area contributed by atoms with Crippen LogP contribution in [0.1, 0.15) is 26.6 Å². The molecule has 0 fully saturated rings. The van der Waals surface area contributed by atoms with Crippen molar-refractivity contribution in [1.29, 1.82) is 0 Å². The van der Waals surface area contributed by atoms with Crippen molar-refractivity contribution in [3.05, 3.63) is 24.2 Å². The smallest absolute Gasteiger partial charge is 0.246 e. The standard InChI is InChI=1S/C12H18N6O/c1-8(2)7-18-16-10(15-17-18)9-4-5-14-12(3,6-9)11(13)19/h4-6,8,14H,7H2,1-3H3,(H2,13,19). The van der Waals surface area contributed by atoms with E-state index in [-0.39, 0.29) is 0 Å². The van der Waals surface area contributed by atoms with Gasteiger partial charge in [-0.2, -0.15) is 4.80 Å². The number of rotatable bonds is 4. The molecule has 0 radical (unpaired) electrons. The lowest BCUT2D eigenvalue weighted by molar-refractivity contribution is -0.121. The van der Waals surface area contributed by atoms with Gasteiger partial charge in [0.1, 0.15) is 5.54 Å². The van der Waals surface area contributed by atoms with Crippen molar-refractivity contribution in [2.24, 2.45) is 11.7 Å². The third-order valence-corrected chi connectivity index (χ3v) is 2.84. The first-order valence-corrected chi connectivity index (χ1v) is 6.16. The van der Waals surface area contributed by atoms with E-state index in [0.717, 1.165) is 5.57 Å². The molecular formula is C12H18N6O. The summed E-state index contributed by atoms with van der Waals surface area (Å²) in [4.78, 5) is 13.0. The summed E-state index contributed by atoms with van der Waals surface area (Å²) in [6.45, 7) is 6.57. The molecule has 0 bridgehead atoms. The molecule has 1 aliphatic heterocycles. The number of carbonyl (C=O) groups is 1. The monoisotopic (exact) mass is 262 g/mol. The van der Waals surface area contributed by atoms with Crippen molar-refractivity contribution in [2.45, 2.75) is 32.9 Å². The van der Waals surface area contributed by atoms with Gasteiger partial charge in [0, 0.05) is 5.57 Å². The predicted molar refractivity (Wildman–Crippen MR) is 70.5 cm³/mol. The molecule has 1 aromatic rings. The number of hydrogen-bond acceptors (Lipinski definition) is 5. The number of aromatic nitrogens is 4. The van der Waals surface area contributed by atoms with Crippen LogP contribution in [0.2, 0.25) is 0 Å². The van der Waals surface area contributed by atoms with E-state index in [2.05, 4.69) is 34.6 Å². The summed E-state index contributed by atoms with van der Waals surface area (Å²) in [5.41, 5.74) is 5.18. The molecule has 1 aromatic heterocycles. The summed E-state index contributed by atoms with van der Waals surface area (Å²) >= 11 is 0. The van der Waals surface area contributed by atoms with Crippen LogP contribution in [0.25, 0.3) is 5.57 Å². The summed E-state index contributed by atoms with van der Waals surface area (Å²) in [6.07, 6.45) is 5.18. The van der Waals surface area contributed by atoms with Crippen LogP contribution in [0.3, 0.4) is 0 Å². The summed E-state index contributed by atoms with van der Waals surface area (Å²) in [5.74, 6) is 0.477. The third-order valence-electron chi connectivity index (χ3n) is 2.84. The van der Waals surface area contributed by atoms with Crippen LogP contribution in [0.4, 0.5) is 0 Å². The number of nitrogens with one attached hydrogen (secondary N) is 1. The van der Waals surface area contributed by atoms with E-state index in [1.54, 1.807) is 30.1 Å². The number of hydrogen-bond donors (Lipinski definition) is 2. The summed E-state index contributed by atoms with van der Waals surface area (Å²) in [6, 6.07) is 0. The Bertz CT molecular complexity index is 544. The first-order chi connectivity index (χ1) is 8.90. The fraction of sp³-hybridized carbons (Fsp3) is 0.500. The van der Waals surface area contributed by atoms with Crippen molar-refractivity contribution in [3.8, 4) is 0 Å². The average molecular weight is 262 g/mol. The molecule has 7 heteroatoms. The molecule has 0 saturated heterocycles. The first kappa shape index (κ1) is 13.3. The van der Waals surface area contributed by atoms with Gasteiger partial charge >= 0.3 is 0 Å². The molecule has 1 amide bonds. The van der Waals surface area contributed by atoms with Crippen LogP contribution in [0.5, 0.6) is 0 Å². The largest absolute Gasteiger partial charge is 0.374 e.